The number of hydrogen-bond acceptors (Lipinski definition) is 4. The van der Waals surface area contributed by atoms with E-state index in [0.717, 1.165) is 23.4 Å². The summed E-state index contributed by atoms with van der Waals surface area (Å²) in [5.74, 6) is -0.781. The number of carboxylic acid groups (broad SMARTS) is 1. The molecule has 0 amide bonds. The number of anilines is 2. The van der Waals surface area contributed by atoms with Crippen LogP contribution in [0.25, 0.3) is 0 Å². The average Bonchev–Trinajstić information content (AvgIpc) is 3.45. The SMILES string of the molecule is CN1c2ccc(C#N)cc2C(C)(C)CC1c1cccc(NC2(C(=O)O)CC2)c1. The van der Waals surface area contributed by atoms with E-state index in [1.54, 1.807) is 0 Å². The Balaban J connectivity index is 1.67. The molecule has 0 saturated heterocycles. The van der Waals surface area contributed by atoms with E-state index >= 15 is 0 Å². The molecular formula is C23H25N3O2. The molecule has 0 bridgehead atoms. The van der Waals surface area contributed by atoms with Crippen molar-refractivity contribution in [2.24, 2.45) is 0 Å². The average molecular weight is 375 g/mol. The first-order valence-corrected chi connectivity index (χ1v) is 9.65. The van der Waals surface area contributed by atoms with Crippen molar-refractivity contribution in [2.45, 2.75) is 50.1 Å². The third kappa shape index (κ3) is 2.99. The Kier molecular flexibility index (Phi) is 4.11. The molecule has 1 unspecified atom stereocenters. The van der Waals surface area contributed by atoms with Gasteiger partial charge in [0.1, 0.15) is 5.54 Å². The van der Waals surface area contributed by atoms with Crippen molar-refractivity contribution in [2.75, 3.05) is 17.3 Å². The fourth-order valence-electron chi connectivity index (χ4n) is 4.31. The number of fused-ring (bicyclic) bond motifs is 1. The molecule has 4 rings (SSSR count). The first kappa shape index (κ1) is 18.4. The Bertz CT molecular complexity index is 986. The highest BCUT2D eigenvalue weighted by Crippen LogP contribution is 2.48. The number of nitrogens with zero attached hydrogens (tertiary/aromatic N) is 2. The lowest BCUT2D eigenvalue weighted by molar-refractivity contribution is -0.138. The zero-order chi connectivity index (χ0) is 20.1. The number of carboxylic acids is 1. The van der Waals surface area contributed by atoms with Gasteiger partial charge in [0.25, 0.3) is 0 Å². The zero-order valence-corrected chi connectivity index (χ0v) is 16.5. The van der Waals surface area contributed by atoms with Gasteiger partial charge in [-0.3, -0.25) is 0 Å². The lowest BCUT2D eigenvalue weighted by Crippen LogP contribution is -2.38. The van der Waals surface area contributed by atoms with Gasteiger partial charge in [-0.25, -0.2) is 4.79 Å². The molecule has 1 aliphatic heterocycles. The van der Waals surface area contributed by atoms with Crippen molar-refractivity contribution in [3.8, 4) is 6.07 Å². The fourth-order valence-corrected chi connectivity index (χ4v) is 4.31. The molecule has 5 nitrogen and oxygen atoms in total. The van der Waals surface area contributed by atoms with Crippen LogP contribution in [0.5, 0.6) is 0 Å². The van der Waals surface area contributed by atoms with Gasteiger partial charge in [-0.05, 0) is 66.1 Å². The Hall–Kier alpha value is -3.00. The summed E-state index contributed by atoms with van der Waals surface area (Å²) in [4.78, 5) is 13.8. The molecule has 1 aliphatic carbocycles. The van der Waals surface area contributed by atoms with Crippen molar-refractivity contribution in [3.63, 3.8) is 0 Å². The highest BCUT2D eigenvalue weighted by atomic mass is 16.4. The van der Waals surface area contributed by atoms with Gasteiger partial charge in [0.05, 0.1) is 17.7 Å². The van der Waals surface area contributed by atoms with Crippen LogP contribution in [0.15, 0.2) is 42.5 Å². The number of hydrogen-bond donors (Lipinski definition) is 2. The number of nitrogens with one attached hydrogen (secondary N) is 1. The van der Waals surface area contributed by atoms with Crippen LogP contribution < -0.4 is 10.2 Å². The predicted molar refractivity (Wildman–Crippen MR) is 110 cm³/mol. The molecule has 1 heterocycles. The summed E-state index contributed by atoms with van der Waals surface area (Å²) in [6.07, 6.45) is 2.24. The molecule has 1 atom stereocenters. The fraction of sp³-hybridized carbons (Fsp3) is 0.391. The van der Waals surface area contributed by atoms with Gasteiger partial charge in [0.15, 0.2) is 0 Å². The molecule has 2 aromatic carbocycles. The minimum atomic E-state index is -0.795. The molecule has 2 aliphatic rings. The van der Waals surface area contributed by atoms with E-state index < -0.39 is 11.5 Å². The number of aliphatic carboxylic acids is 1. The molecule has 0 radical (unpaired) electrons. The van der Waals surface area contributed by atoms with Gasteiger partial charge >= 0.3 is 5.97 Å². The second-order valence-electron chi connectivity index (χ2n) is 8.70. The van der Waals surface area contributed by atoms with Crippen LogP contribution in [0.1, 0.15) is 55.8 Å². The Morgan fingerprint density at radius 1 is 1.25 bits per heavy atom. The third-order valence-electron chi connectivity index (χ3n) is 6.22. The highest BCUT2D eigenvalue weighted by Gasteiger charge is 2.50. The van der Waals surface area contributed by atoms with Gasteiger partial charge in [-0.15, -0.1) is 0 Å². The van der Waals surface area contributed by atoms with E-state index in [4.69, 9.17) is 0 Å². The first-order chi connectivity index (χ1) is 13.3. The van der Waals surface area contributed by atoms with Crippen molar-refractivity contribution in [1.29, 1.82) is 5.26 Å². The lowest BCUT2D eigenvalue weighted by Gasteiger charge is -2.44. The van der Waals surface area contributed by atoms with Crippen LogP contribution in [0.4, 0.5) is 11.4 Å². The maximum atomic E-state index is 11.5. The molecule has 144 valence electrons. The van der Waals surface area contributed by atoms with Crippen molar-refractivity contribution in [3.05, 3.63) is 59.2 Å². The molecule has 0 aromatic heterocycles. The van der Waals surface area contributed by atoms with E-state index in [-0.39, 0.29) is 11.5 Å². The van der Waals surface area contributed by atoms with E-state index in [9.17, 15) is 15.2 Å². The van der Waals surface area contributed by atoms with Crippen LogP contribution in [0.2, 0.25) is 0 Å². The highest BCUT2D eigenvalue weighted by molar-refractivity contribution is 5.86. The largest absolute Gasteiger partial charge is 0.480 e. The second-order valence-corrected chi connectivity index (χ2v) is 8.70. The van der Waals surface area contributed by atoms with E-state index in [2.05, 4.69) is 49.3 Å². The van der Waals surface area contributed by atoms with Crippen LogP contribution in [-0.4, -0.2) is 23.7 Å². The molecule has 5 heteroatoms. The summed E-state index contributed by atoms with van der Waals surface area (Å²) in [7, 11) is 2.09. The topological polar surface area (TPSA) is 76.4 Å². The molecular weight excluding hydrogens is 350 g/mol. The van der Waals surface area contributed by atoms with Gasteiger partial charge in [0.2, 0.25) is 0 Å². The Labute approximate surface area is 165 Å². The van der Waals surface area contributed by atoms with E-state index in [1.165, 1.54) is 5.56 Å². The molecule has 1 saturated carbocycles. The maximum absolute atomic E-state index is 11.5. The number of carbonyl (C=O) groups is 1. The minimum Gasteiger partial charge on any atom is -0.480 e. The Morgan fingerprint density at radius 3 is 2.64 bits per heavy atom. The molecule has 2 aromatic rings. The number of nitriles is 1. The quantitative estimate of drug-likeness (QED) is 0.826. The summed E-state index contributed by atoms with van der Waals surface area (Å²) in [6, 6.07) is 16.4. The maximum Gasteiger partial charge on any atom is 0.329 e. The lowest BCUT2D eigenvalue weighted by atomic mass is 9.73. The summed E-state index contributed by atoms with van der Waals surface area (Å²) >= 11 is 0. The smallest absolute Gasteiger partial charge is 0.329 e. The first-order valence-electron chi connectivity index (χ1n) is 9.65. The van der Waals surface area contributed by atoms with E-state index in [1.807, 2.05) is 30.3 Å². The van der Waals surface area contributed by atoms with Crippen LogP contribution in [-0.2, 0) is 10.2 Å². The normalized spacial score (nSPS) is 21.4. The minimum absolute atomic E-state index is 0.0679. The predicted octanol–water partition coefficient (Wildman–Crippen LogP) is 4.45. The van der Waals surface area contributed by atoms with E-state index in [0.29, 0.717) is 18.4 Å². The van der Waals surface area contributed by atoms with Gasteiger partial charge in [-0.1, -0.05) is 26.0 Å². The number of benzene rings is 2. The molecule has 0 spiro atoms. The van der Waals surface area contributed by atoms with Gasteiger partial charge in [-0.2, -0.15) is 5.26 Å². The van der Waals surface area contributed by atoms with Gasteiger partial charge in [0, 0.05) is 18.4 Å². The van der Waals surface area contributed by atoms with Crippen molar-refractivity contribution >= 4 is 17.3 Å². The summed E-state index contributed by atoms with van der Waals surface area (Å²) in [5, 5.41) is 21.9. The zero-order valence-electron chi connectivity index (χ0n) is 16.5. The standard InChI is InChI=1S/C23H25N3O2/c1-22(2)13-20(26(3)19-8-7-15(14-24)11-18(19)22)16-5-4-6-17(12-16)25-23(9-10-23)21(27)28/h4-8,11-12,20,25H,9-10,13H2,1-3H3,(H,27,28). The van der Waals surface area contributed by atoms with Crippen LogP contribution in [0.3, 0.4) is 0 Å². The van der Waals surface area contributed by atoms with Gasteiger partial charge < -0.3 is 15.3 Å². The molecule has 2 N–H and O–H groups in total. The third-order valence-corrected chi connectivity index (χ3v) is 6.22. The Morgan fingerprint density at radius 2 is 2.00 bits per heavy atom. The summed E-state index contributed by atoms with van der Waals surface area (Å²) in [5.41, 5.74) is 4.18. The van der Waals surface area contributed by atoms with Crippen molar-refractivity contribution in [1.82, 2.24) is 0 Å². The van der Waals surface area contributed by atoms with Crippen LogP contribution in [0, 0.1) is 11.3 Å². The second kappa shape index (κ2) is 6.27. The molecule has 1 fully saturated rings. The monoisotopic (exact) mass is 375 g/mol. The summed E-state index contributed by atoms with van der Waals surface area (Å²) < 4.78 is 0. The van der Waals surface area contributed by atoms with Crippen LogP contribution >= 0.6 is 0 Å². The number of rotatable bonds is 4. The summed E-state index contributed by atoms with van der Waals surface area (Å²) in [6.45, 7) is 4.44. The van der Waals surface area contributed by atoms with Crippen molar-refractivity contribution < 1.29 is 9.90 Å². The molecule has 28 heavy (non-hydrogen) atoms.